The molecule has 0 bridgehead atoms. The monoisotopic (exact) mass is 226 g/mol. The third kappa shape index (κ3) is 2.38. The van der Waals surface area contributed by atoms with E-state index in [0.29, 0.717) is 5.92 Å². The number of carbonyl (C=O) groups is 1. The minimum Gasteiger partial charge on any atom is -0.396 e. The van der Waals surface area contributed by atoms with Gasteiger partial charge in [-0.05, 0) is 12.8 Å². The van der Waals surface area contributed by atoms with Gasteiger partial charge in [0.15, 0.2) is 0 Å². The average molecular weight is 226 g/mol. The summed E-state index contributed by atoms with van der Waals surface area (Å²) in [5.41, 5.74) is 6.07. The summed E-state index contributed by atoms with van der Waals surface area (Å²) in [4.78, 5) is 14.0. The third-order valence-corrected chi connectivity index (χ3v) is 3.91. The highest BCUT2D eigenvalue weighted by atomic mass is 16.3. The number of nitrogens with zero attached hydrogens (tertiary/aromatic N) is 1. The van der Waals surface area contributed by atoms with E-state index < -0.39 is 0 Å². The SMILES string of the molecule is NC1CCCCCC1C(=O)N1CC(CO)C1. The molecule has 1 saturated heterocycles. The highest BCUT2D eigenvalue weighted by Gasteiger charge is 2.36. The Morgan fingerprint density at radius 2 is 1.94 bits per heavy atom. The molecular weight excluding hydrogens is 204 g/mol. The first kappa shape index (κ1) is 11.9. The number of nitrogens with two attached hydrogens (primary N) is 1. The summed E-state index contributed by atoms with van der Waals surface area (Å²) < 4.78 is 0. The molecule has 0 aromatic heterocycles. The quantitative estimate of drug-likeness (QED) is 0.667. The van der Waals surface area contributed by atoms with Crippen molar-refractivity contribution in [3.8, 4) is 0 Å². The molecule has 2 unspecified atom stereocenters. The van der Waals surface area contributed by atoms with Crippen molar-refractivity contribution in [2.24, 2.45) is 17.6 Å². The van der Waals surface area contributed by atoms with E-state index in [1.165, 1.54) is 6.42 Å². The van der Waals surface area contributed by atoms with Crippen molar-refractivity contribution in [2.45, 2.75) is 38.1 Å². The Hall–Kier alpha value is -0.610. The average Bonchev–Trinajstić information content (AvgIpc) is 2.41. The van der Waals surface area contributed by atoms with E-state index in [9.17, 15) is 4.79 Å². The number of aliphatic hydroxyl groups excluding tert-OH is 1. The van der Waals surface area contributed by atoms with Crippen LogP contribution in [0.3, 0.4) is 0 Å². The topological polar surface area (TPSA) is 66.6 Å². The largest absolute Gasteiger partial charge is 0.396 e. The van der Waals surface area contributed by atoms with Gasteiger partial charge in [-0.25, -0.2) is 0 Å². The van der Waals surface area contributed by atoms with Gasteiger partial charge in [-0.15, -0.1) is 0 Å². The molecule has 1 aliphatic heterocycles. The molecule has 2 fully saturated rings. The molecular formula is C12H22N2O2. The van der Waals surface area contributed by atoms with Crippen LogP contribution in [0.5, 0.6) is 0 Å². The fraction of sp³-hybridized carbons (Fsp3) is 0.917. The number of aliphatic hydroxyl groups is 1. The highest BCUT2D eigenvalue weighted by Crippen LogP contribution is 2.26. The fourth-order valence-corrected chi connectivity index (χ4v) is 2.74. The molecule has 1 heterocycles. The van der Waals surface area contributed by atoms with Crippen LogP contribution >= 0.6 is 0 Å². The molecule has 3 N–H and O–H groups in total. The maximum Gasteiger partial charge on any atom is 0.227 e. The van der Waals surface area contributed by atoms with Crippen LogP contribution in [0.1, 0.15) is 32.1 Å². The van der Waals surface area contributed by atoms with E-state index in [0.717, 1.165) is 38.8 Å². The molecule has 0 aromatic carbocycles. The van der Waals surface area contributed by atoms with E-state index in [-0.39, 0.29) is 24.5 Å². The maximum absolute atomic E-state index is 12.2. The fourth-order valence-electron chi connectivity index (χ4n) is 2.74. The Kier molecular flexibility index (Phi) is 3.82. The van der Waals surface area contributed by atoms with Crippen LogP contribution in [0, 0.1) is 11.8 Å². The molecule has 0 radical (unpaired) electrons. The van der Waals surface area contributed by atoms with E-state index >= 15 is 0 Å². The number of amides is 1. The van der Waals surface area contributed by atoms with Crippen LogP contribution < -0.4 is 5.73 Å². The van der Waals surface area contributed by atoms with Gasteiger partial charge in [-0.1, -0.05) is 19.3 Å². The van der Waals surface area contributed by atoms with Crippen molar-refractivity contribution >= 4 is 5.91 Å². The number of hydrogen-bond acceptors (Lipinski definition) is 3. The summed E-state index contributed by atoms with van der Waals surface area (Å²) in [6.45, 7) is 1.64. The molecule has 1 saturated carbocycles. The summed E-state index contributed by atoms with van der Waals surface area (Å²) in [6, 6.07) is 0.0446. The Bertz CT molecular complexity index is 251. The van der Waals surface area contributed by atoms with Crippen molar-refractivity contribution in [2.75, 3.05) is 19.7 Å². The molecule has 16 heavy (non-hydrogen) atoms. The van der Waals surface area contributed by atoms with Gasteiger partial charge in [-0.2, -0.15) is 0 Å². The summed E-state index contributed by atoms with van der Waals surface area (Å²) in [6.07, 6.45) is 5.41. The summed E-state index contributed by atoms with van der Waals surface area (Å²) >= 11 is 0. The second-order valence-corrected chi connectivity index (χ2v) is 5.20. The van der Waals surface area contributed by atoms with Crippen LogP contribution in [0.2, 0.25) is 0 Å². The van der Waals surface area contributed by atoms with Crippen molar-refractivity contribution < 1.29 is 9.90 Å². The molecule has 2 aliphatic rings. The lowest BCUT2D eigenvalue weighted by Gasteiger charge is -2.41. The summed E-state index contributed by atoms with van der Waals surface area (Å²) in [5.74, 6) is 0.548. The second kappa shape index (κ2) is 5.15. The zero-order valence-electron chi connectivity index (χ0n) is 9.77. The van der Waals surface area contributed by atoms with Crippen molar-refractivity contribution in [1.82, 2.24) is 4.90 Å². The van der Waals surface area contributed by atoms with Gasteiger partial charge in [0.05, 0.1) is 5.92 Å². The zero-order valence-corrected chi connectivity index (χ0v) is 9.77. The molecule has 1 amide bonds. The van der Waals surface area contributed by atoms with E-state index in [4.69, 9.17) is 10.8 Å². The van der Waals surface area contributed by atoms with Crippen molar-refractivity contribution in [3.63, 3.8) is 0 Å². The predicted molar refractivity (Wildman–Crippen MR) is 61.7 cm³/mol. The van der Waals surface area contributed by atoms with Crippen LogP contribution in [-0.2, 0) is 4.79 Å². The van der Waals surface area contributed by atoms with E-state index in [2.05, 4.69) is 0 Å². The molecule has 1 aliphatic carbocycles. The zero-order chi connectivity index (χ0) is 11.5. The lowest BCUT2D eigenvalue weighted by molar-refractivity contribution is -0.143. The first-order valence-electron chi connectivity index (χ1n) is 6.37. The normalized spacial score (nSPS) is 32.0. The highest BCUT2D eigenvalue weighted by molar-refractivity contribution is 5.80. The number of hydrogen-bond donors (Lipinski definition) is 2. The first-order valence-corrected chi connectivity index (χ1v) is 6.37. The summed E-state index contributed by atoms with van der Waals surface area (Å²) in [7, 11) is 0. The van der Waals surface area contributed by atoms with Crippen molar-refractivity contribution in [3.05, 3.63) is 0 Å². The smallest absolute Gasteiger partial charge is 0.227 e. The predicted octanol–water partition coefficient (Wildman–Crippen LogP) is 0.345. The van der Waals surface area contributed by atoms with Gasteiger partial charge < -0.3 is 15.7 Å². The second-order valence-electron chi connectivity index (χ2n) is 5.20. The molecule has 2 rings (SSSR count). The Morgan fingerprint density at radius 3 is 2.62 bits per heavy atom. The van der Waals surface area contributed by atoms with Crippen LogP contribution in [0.15, 0.2) is 0 Å². The minimum atomic E-state index is 0.0298. The molecule has 0 aromatic rings. The van der Waals surface area contributed by atoms with Crippen LogP contribution in [0.4, 0.5) is 0 Å². The molecule has 92 valence electrons. The van der Waals surface area contributed by atoms with Crippen LogP contribution in [-0.4, -0.2) is 41.7 Å². The number of carbonyl (C=O) groups excluding carboxylic acids is 1. The summed E-state index contributed by atoms with van der Waals surface area (Å²) in [5, 5.41) is 8.93. The van der Waals surface area contributed by atoms with Gasteiger partial charge in [0.25, 0.3) is 0 Å². The Labute approximate surface area is 96.8 Å². The van der Waals surface area contributed by atoms with Crippen LogP contribution in [0.25, 0.3) is 0 Å². The number of rotatable bonds is 2. The van der Waals surface area contributed by atoms with Gasteiger partial charge >= 0.3 is 0 Å². The Balaban J connectivity index is 1.88. The third-order valence-electron chi connectivity index (χ3n) is 3.91. The molecule has 4 nitrogen and oxygen atoms in total. The van der Waals surface area contributed by atoms with E-state index in [1.54, 1.807) is 0 Å². The van der Waals surface area contributed by atoms with Crippen molar-refractivity contribution in [1.29, 1.82) is 0 Å². The first-order chi connectivity index (χ1) is 7.72. The lowest BCUT2D eigenvalue weighted by atomic mass is 9.91. The maximum atomic E-state index is 12.2. The Morgan fingerprint density at radius 1 is 1.25 bits per heavy atom. The van der Waals surface area contributed by atoms with Gasteiger partial charge in [-0.3, -0.25) is 4.79 Å². The lowest BCUT2D eigenvalue weighted by Crippen LogP contribution is -2.55. The van der Waals surface area contributed by atoms with Gasteiger partial charge in [0, 0.05) is 31.7 Å². The number of likely N-dealkylation sites (tertiary alicyclic amines) is 1. The molecule has 0 spiro atoms. The van der Waals surface area contributed by atoms with E-state index in [1.807, 2.05) is 4.90 Å². The van der Waals surface area contributed by atoms with Gasteiger partial charge in [0.2, 0.25) is 5.91 Å². The minimum absolute atomic E-state index is 0.0298. The molecule has 4 heteroatoms. The van der Waals surface area contributed by atoms with Gasteiger partial charge in [0.1, 0.15) is 0 Å². The standard InChI is InChI=1S/C12H22N2O2/c13-11-5-3-1-2-4-10(11)12(16)14-6-9(7-14)8-15/h9-11,15H,1-8,13H2. The molecule has 2 atom stereocenters.